The molecule has 1 amide bonds. The number of ether oxygens (including phenoxy) is 1. The fraction of sp³-hybridized carbons (Fsp3) is 0.450. The molecule has 0 aliphatic carbocycles. The van der Waals surface area contributed by atoms with Gasteiger partial charge < -0.3 is 14.2 Å². The average molecular weight is 431 g/mol. The van der Waals surface area contributed by atoms with E-state index >= 15 is 0 Å². The third-order valence-electron chi connectivity index (χ3n) is 5.12. The lowest BCUT2D eigenvalue weighted by Crippen LogP contribution is -2.45. The van der Waals surface area contributed by atoms with Gasteiger partial charge in [0.1, 0.15) is 5.75 Å². The molecule has 1 saturated heterocycles. The van der Waals surface area contributed by atoms with Crippen LogP contribution >= 0.6 is 11.6 Å². The number of hydrogen-bond acceptors (Lipinski definition) is 7. The van der Waals surface area contributed by atoms with E-state index in [9.17, 15) is 4.79 Å². The number of piperidine rings is 1. The maximum Gasteiger partial charge on any atom is 0.280 e. The molecule has 1 atom stereocenters. The van der Waals surface area contributed by atoms with E-state index in [4.69, 9.17) is 20.9 Å². The molecule has 1 aliphatic heterocycles. The van der Waals surface area contributed by atoms with Gasteiger partial charge >= 0.3 is 0 Å². The van der Waals surface area contributed by atoms with Crippen molar-refractivity contribution in [1.29, 1.82) is 0 Å². The summed E-state index contributed by atoms with van der Waals surface area (Å²) < 4.78 is 12.8. The van der Waals surface area contributed by atoms with Crippen LogP contribution in [-0.4, -0.2) is 55.1 Å². The summed E-state index contributed by atoms with van der Waals surface area (Å²) in [4.78, 5) is 18.9. The van der Waals surface area contributed by atoms with Crippen molar-refractivity contribution >= 4 is 17.5 Å². The minimum atomic E-state index is -0.580. The lowest BCUT2D eigenvalue weighted by atomic mass is 10.0. The van der Waals surface area contributed by atoms with Crippen LogP contribution < -0.4 is 4.74 Å². The second kappa shape index (κ2) is 8.83. The zero-order valence-corrected chi connectivity index (χ0v) is 17.6. The zero-order valence-electron chi connectivity index (χ0n) is 16.9. The molecule has 0 saturated carbocycles. The first kappa shape index (κ1) is 20.3. The average Bonchev–Trinajstić information content (AvgIpc) is 3.43. The molecule has 1 fully saturated rings. The molecule has 158 valence electrons. The molecule has 9 nitrogen and oxygen atoms in total. The molecule has 0 bridgehead atoms. The molecule has 3 heterocycles. The highest BCUT2D eigenvalue weighted by Crippen LogP contribution is 2.25. The molecule has 1 unspecified atom stereocenters. The fourth-order valence-corrected chi connectivity index (χ4v) is 3.64. The first-order valence-electron chi connectivity index (χ1n) is 9.99. The molecule has 1 aromatic carbocycles. The predicted octanol–water partition coefficient (Wildman–Crippen LogP) is 3.17. The first-order chi connectivity index (χ1) is 14.5. The lowest BCUT2D eigenvalue weighted by Gasteiger charge is -2.33. The van der Waals surface area contributed by atoms with E-state index in [0.717, 1.165) is 12.8 Å². The summed E-state index contributed by atoms with van der Waals surface area (Å²) in [5, 5.41) is 12.8. The van der Waals surface area contributed by atoms with Gasteiger partial charge in [0.2, 0.25) is 0 Å². The molecule has 0 N–H and O–H groups in total. The van der Waals surface area contributed by atoms with E-state index in [-0.39, 0.29) is 11.9 Å². The molecular formula is C20H23ClN6O3. The van der Waals surface area contributed by atoms with E-state index < -0.39 is 6.10 Å². The van der Waals surface area contributed by atoms with Crippen molar-refractivity contribution in [2.45, 2.75) is 45.3 Å². The van der Waals surface area contributed by atoms with E-state index in [2.05, 4.69) is 20.5 Å². The monoisotopic (exact) mass is 430 g/mol. The summed E-state index contributed by atoms with van der Waals surface area (Å²) >= 11 is 5.98. The smallest absolute Gasteiger partial charge is 0.280 e. The van der Waals surface area contributed by atoms with Gasteiger partial charge in [0.25, 0.3) is 11.8 Å². The number of halogens is 1. The van der Waals surface area contributed by atoms with E-state index in [1.165, 1.54) is 0 Å². The Balaban J connectivity index is 1.33. The molecule has 4 rings (SSSR count). The van der Waals surface area contributed by atoms with Gasteiger partial charge in [0.05, 0.1) is 12.2 Å². The Morgan fingerprint density at radius 2 is 2.17 bits per heavy atom. The van der Waals surface area contributed by atoms with Crippen molar-refractivity contribution in [2.75, 3.05) is 13.1 Å². The van der Waals surface area contributed by atoms with Gasteiger partial charge in [-0.1, -0.05) is 35.0 Å². The van der Waals surface area contributed by atoms with Gasteiger partial charge in [-0.2, -0.15) is 4.98 Å². The number of amides is 1. The van der Waals surface area contributed by atoms with E-state index in [1.54, 1.807) is 31.2 Å². The van der Waals surface area contributed by atoms with Crippen molar-refractivity contribution in [3.05, 3.63) is 41.3 Å². The molecule has 2 aromatic heterocycles. The lowest BCUT2D eigenvalue weighted by molar-refractivity contribution is -0.139. The second-order valence-electron chi connectivity index (χ2n) is 7.23. The molecule has 30 heavy (non-hydrogen) atoms. The number of carbonyl (C=O) groups is 1. The third-order valence-corrected chi connectivity index (χ3v) is 5.36. The van der Waals surface area contributed by atoms with Crippen LogP contribution in [0.5, 0.6) is 5.75 Å². The Hall–Kier alpha value is -2.94. The summed E-state index contributed by atoms with van der Waals surface area (Å²) in [5.41, 5.74) is 0.559. The maximum atomic E-state index is 12.8. The highest BCUT2D eigenvalue weighted by molar-refractivity contribution is 6.30. The van der Waals surface area contributed by atoms with Crippen LogP contribution in [0.1, 0.15) is 38.6 Å². The van der Waals surface area contributed by atoms with Crippen LogP contribution in [0.4, 0.5) is 0 Å². The first-order valence-corrected chi connectivity index (χ1v) is 10.4. The number of aryl methyl sites for hydroxylation is 1. The highest BCUT2D eigenvalue weighted by atomic mass is 35.5. The van der Waals surface area contributed by atoms with Crippen LogP contribution in [0, 0.1) is 0 Å². The Morgan fingerprint density at radius 3 is 2.87 bits per heavy atom. The van der Waals surface area contributed by atoms with Gasteiger partial charge in [-0.25, -0.2) is 4.68 Å². The molecule has 3 aromatic rings. The molecular weight excluding hydrogens is 408 g/mol. The summed E-state index contributed by atoms with van der Waals surface area (Å²) in [6.45, 7) is 4.97. The predicted molar refractivity (Wildman–Crippen MR) is 109 cm³/mol. The van der Waals surface area contributed by atoms with Gasteiger partial charge in [-0.3, -0.25) is 4.79 Å². The van der Waals surface area contributed by atoms with Gasteiger partial charge in [0.15, 0.2) is 17.6 Å². The van der Waals surface area contributed by atoms with E-state index in [0.29, 0.717) is 47.7 Å². The highest BCUT2D eigenvalue weighted by Gasteiger charge is 2.28. The van der Waals surface area contributed by atoms with Crippen LogP contribution in [-0.2, 0) is 11.2 Å². The van der Waals surface area contributed by atoms with Crippen molar-refractivity contribution in [3.8, 4) is 17.3 Å². The van der Waals surface area contributed by atoms with Crippen LogP contribution in [0.2, 0.25) is 5.02 Å². The van der Waals surface area contributed by atoms with Crippen molar-refractivity contribution in [1.82, 2.24) is 30.0 Å². The topological polar surface area (TPSA) is 99.2 Å². The van der Waals surface area contributed by atoms with Crippen LogP contribution in [0.15, 0.2) is 35.0 Å². The van der Waals surface area contributed by atoms with Gasteiger partial charge in [0, 0.05) is 24.5 Å². The standard InChI is InChI=1S/C20H23ClN6O3/c1-3-18-22-19(30-24-18)17-12-27(25-23-17)15-7-9-26(10-8-15)20(28)13(2)29-16-6-4-5-14(21)11-16/h4-6,11-13,15H,3,7-10H2,1-2H3. The molecule has 0 radical (unpaired) electrons. The largest absolute Gasteiger partial charge is 0.481 e. The zero-order chi connectivity index (χ0) is 21.1. The van der Waals surface area contributed by atoms with Gasteiger partial charge in [-0.05, 0) is 38.0 Å². The number of nitrogens with zero attached hydrogens (tertiary/aromatic N) is 6. The number of hydrogen-bond donors (Lipinski definition) is 0. The number of carbonyl (C=O) groups excluding carboxylic acids is 1. The molecule has 1 aliphatic rings. The summed E-state index contributed by atoms with van der Waals surface area (Å²) in [5.74, 6) is 1.56. The number of benzene rings is 1. The van der Waals surface area contributed by atoms with Crippen LogP contribution in [0.3, 0.4) is 0 Å². The summed E-state index contributed by atoms with van der Waals surface area (Å²) in [6, 6.07) is 7.21. The third kappa shape index (κ3) is 4.46. The molecule has 0 spiro atoms. The van der Waals surface area contributed by atoms with Crippen molar-refractivity contribution < 1.29 is 14.1 Å². The number of rotatable bonds is 6. The second-order valence-corrected chi connectivity index (χ2v) is 7.66. The van der Waals surface area contributed by atoms with Crippen LogP contribution in [0.25, 0.3) is 11.6 Å². The fourth-order valence-electron chi connectivity index (χ4n) is 3.46. The van der Waals surface area contributed by atoms with Crippen molar-refractivity contribution in [2.24, 2.45) is 0 Å². The minimum absolute atomic E-state index is 0.0364. The Labute approximate surface area is 179 Å². The summed E-state index contributed by atoms with van der Waals surface area (Å²) in [6.07, 6.45) is 3.50. The number of aromatic nitrogens is 5. The van der Waals surface area contributed by atoms with Gasteiger partial charge in [-0.15, -0.1) is 5.10 Å². The van der Waals surface area contributed by atoms with E-state index in [1.807, 2.05) is 22.7 Å². The molecule has 10 heteroatoms. The summed E-state index contributed by atoms with van der Waals surface area (Å²) in [7, 11) is 0. The maximum absolute atomic E-state index is 12.8. The quantitative estimate of drug-likeness (QED) is 0.592. The minimum Gasteiger partial charge on any atom is -0.481 e. The Morgan fingerprint density at radius 1 is 1.37 bits per heavy atom. The Bertz CT molecular complexity index is 1010. The number of likely N-dealkylation sites (tertiary alicyclic amines) is 1. The van der Waals surface area contributed by atoms with Crippen molar-refractivity contribution in [3.63, 3.8) is 0 Å². The Kier molecular flexibility index (Phi) is 5.98. The normalized spacial score (nSPS) is 15.9. The SMILES string of the molecule is CCc1noc(-c2cn(C3CCN(C(=O)C(C)Oc4cccc(Cl)c4)CC3)nn2)n1.